The molecule has 0 fully saturated rings. The SMILES string of the molecule is CCCN(CC#N)C(=O)c1ccc(F)cn1. The number of carbonyl (C=O) groups excluding carboxylic acids is 1. The van der Waals surface area contributed by atoms with Crippen LogP contribution in [0.15, 0.2) is 18.3 Å². The molecule has 0 aliphatic carbocycles. The van der Waals surface area contributed by atoms with Crippen LogP contribution in [-0.4, -0.2) is 28.9 Å². The van der Waals surface area contributed by atoms with Gasteiger partial charge in [0.15, 0.2) is 0 Å². The number of hydrogen-bond donors (Lipinski definition) is 0. The van der Waals surface area contributed by atoms with Crippen molar-refractivity contribution < 1.29 is 9.18 Å². The Morgan fingerprint density at radius 2 is 2.38 bits per heavy atom. The molecule has 0 aliphatic heterocycles. The van der Waals surface area contributed by atoms with Gasteiger partial charge >= 0.3 is 0 Å². The normalized spacial score (nSPS) is 9.56. The van der Waals surface area contributed by atoms with E-state index in [1.165, 1.54) is 17.0 Å². The number of halogens is 1. The first kappa shape index (κ1) is 12.1. The lowest BCUT2D eigenvalue weighted by Gasteiger charge is -2.17. The van der Waals surface area contributed by atoms with Gasteiger partial charge in [0, 0.05) is 6.54 Å². The van der Waals surface area contributed by atoms with E-state index < -0.39 is 5.82 Å². The van der Waals surface area contributed by atoms with E-state index >= 15 is 0 Å². The Morgan fingerprint density at radius 1 is 1.62 bits per heavy atom. The van der Waals surface area contributed by atoms with E-state index in [0.29, 0.717) is 6.54 Å². The number of hydrogen-bond acceptors (Lipinski definition) is 3. The predicted octanol–water partition coefficient (Wildman–Crippen LogP) is 1.60. The molecule has 0 N–H and O–H groups in total. The van der Waals surface area contributed by atoms with Crippen LogP contribution in [0.2, 0.25) is 0 Å². The number of rotatable bonds is 4. The summed E-state index contributed by atoms with van der Waals surface area (Å²) in [5.41, 5.74) is 0.158. The van der Waals surface area contributed by atoms with Crippen molar-refractivity contribution in [1.82, 2.24) is 9.88 Å². The summed E-state index contributed by atoms with van der Waals surface area (Å²) >= 11 is 0. The smallest absolute Gasteiger partial charge is 0.273 e. The maximum Gasteiger partial charge on any atom is 0.273 e. The zero-order chi connectivity index (χ0) is 12.0. The first-order valence-corrected chi connectivity index (χ1v) is 4.96. The molecule has 1 heterocycles. The predicted molar refractivity (Wildman–Crippen MR) is 56.0 cm³/mol. The molecule has 16 heavy (non-hydrogen) atoms. The topological polar surface area (TPSA) is 57.0 Å². The van der Waals surface area contributed by atoms with Gasteiger partial charge in [-0.25, -0.2) is 9.37 Å². The lowest BCUT2D eigenvalue weighted by molar-refractivity contribution is 0.0770. The van der Waals surface area contributed by atoms with E-state index in [1.54, 1.807) is 0 Å². The van der Waals surface area contributed by atoms with Gasteiger partial charge in [0.2, 0.25) is 0 Å². The second-order valence-electron chi connectivity index (χ2n) is 3.25. The molecule has 5 heteroatoms. The van der Waals surface area contributed by atoms with Crippen LogP contribution in [0.5, 0.6) is 0 Å². The highest BCUT2D eigenvalue weighted by molar-refractivity contribution is 5.92. The minimum atomic E-state index is -0.487. The van der Waals surface area contributed by atoms with Crippen molar-refractivity contribution in [3.63, 3.8) is 0 Å². The molecule has 1 amide bonds. The summed E-state index contributed by atoms with van der Waals surface area (Å²) < 4.78 is 12.6. The zero-order valence-corrected chi connectivity index (χ0v) is 8.98. The van der Waals surface area contributed by atoms with E-state index in [0.717, 1.165) is 12.6 Å². The van der Waals surface area contributed by atoms with Gasteiger partial charge in [0.05, 0.1) is 12.3 Å². The fraction of sp³-hybridized carbons (Fsp3) is 0.364. The molecule has 1 aromatic heterocycles. The molecule has 0 spiro atoms. The summed E-state index contributed by atoms with van der Waals surface area (Å²) in [6, 6.07) is 4.41. The number of aromatic nitrogens is 1. The molecular formula is C11H12FN3O. The van der Waals surface area contributed by atoms with Crippen molar-refractivity contribution in [2.45, 2.75) is 13.3 Å². The molecule has 0 aromatic carbocycles. The monoisotopic (exact) mass is 221 g/mol. The van der Waals surface area contributed by atoms with Gasteiger partial charge < -0.3 is 4.90 Å². The van der Waals surface area contributed by atoms with Gasteiger partial charge in [-0.1, -0.05) is 6.92 Å². The van der Waals surface area contributed by atoms with Crippen molar-refractivity contribution in [1.29, 1.82) is 5.26 Å². The molecule has 1 aromatic rings. The molecule has 1 rings (SSSR count). The lowest BCUT2D eigenvalue weighted by Crippen LogP contribution is -2.32. The van der Waals surface area contributed by atoms with Gasteiger partial charge in [-0.15, -0.1) is 0 Å². The molecule has 0 unspecified atom stereocenters. The second-order valence-corrected chi connectivity index (χ2v) is 3.25. The Balaban J connectivity index is 2.82. The third-order valence-electron chi connectivity index (χ3n) is 1.99. The Labute approximate surface area is 93.3 Å². The maximum atomic E-state index is 12.6. The highest BCUT2D eigenvalue weighted by Crippen LogP contribution is 2.03. The largest absolute Gasteiger partial charge is 0.324 e. The van der Waals surface area contributed by atoms with E-state index in [1.807, 2.05) is 13.0 Å². The number of nitrogens with zero attached hydrogens (tertiary/aromatic N) is 3. The third kappa shape index (κ3) is 3.02. The molecule has 0 radical (unpaired) electrons. The van der Waals surface area contributed by atoms with Crippen molar-refractivity contribution in [3.8, 4) is 6.07 Å². The first-order valence-electron chi connectivity index (χ1n) is 4.96. The van der Waals surface area contributed by atoms with Crippen LogP contribution in [0.4, 0.5) is 4.39 Å². The number of carbonyl (C=O) groups is 1. The van der Waals surface area contributed by atoms with Gasteiger partial charge in [-0.2, -0.15) is 5.26 Å². The number of nitriles is 1. The zero-order valence-electron chi connectivity index (χ0n) is 8.98. The highest BCUT2D eigenvalue weighted by Gasteiger charge is 2.15. The molecule has 0 saturated heterocycles. The second kappa shape index (κ2) is 5.81. The fourth-order valence-electron chi connectivity index (χ4n) is 1.27. The van der Waals surface area contributed by atoms with Gasteiger partial charge in [-0.05, 0) is 18.6 Å². The minimum Gasteiger partial charge on any atom is -0.324 e. The lowest BCUT2D eigenvalue weighted by atomic mass is 10.3. The average molecular weight is 221 g/mol. The Morgan fingerprint density at radius 3 is 2.88 bits per heavy atom. The fourth-order valence-corrected chi connectivity index (χ4v) is 1.27. The molecule has 0 bridgehead atoms. The Kier molecular flexibility index (Phi) is 4.40. The van der Waals surface area contributed by atoms with E-state index in [4.69, 9.17) is 5.26 Å². The molecular weight excluding hydrogens is 209 g/mol. The summed E-state index contributed by atoms with van der Waals surface area (Å²) in [7, 11) is 0. The van der Waals surface area contributed by atoms with Crippen LogP contribution in [0.25, 0.3) is 0 Å². The Hall–Kier alpha value is -1.96. The molecule has 84 valence electrons. The van der Waals surface area contributed by atoms with E-state index in [2.05, 4.69) is 4.98 Å². The molecule has 0 saturated carbocycles. The van der Waals surface area contributed by atoms with Gasteiger partial charge in [0.25, 0.3) is 5.91 Å². The standard InChI is InChI=1S/C11H12FN3O/c1-2-6-15(7-5-13)11(16)10-4-3-9(12)8-14-10/h3-4,8H,2,6-7H2,1H3. The number of amides is 1. The summed E-state index contributed by atoms with van der Waals surface area (Å²) in [5, 5.41) is 8.58. The molecule has 0 atom stereocenters. The Bertz CT molecular complexity index is 397. The van der Waals surface area contributed by atoms with Crippen molar-refractivity contribution in [3.05, 3.63) is 29.8 Å². The molecule has 0 aliphatic rings. The number of pyridine rings is 1. The molecule has 4 nitrogen and oxygen atoms in total. The van der Waals surface area contributed by atoms with Crippen LogP contribution in [-0.2, 0) is 0 Å². The highest BCUT2D eigenvalue weighted by atomic mass is 19.1. The van der Waals surface area contributed by atoms with Crippen molar-refractivity contribution >= 4 is 5.91 Å². The van der Waals surface area contributed by atoms with Crippen molar-refractivity contribution in [2.24, 2.45) is 0 Å². The average Bonchev–Trinajstić information content (AvgIpc) is 2.29. The summed E-state index contributed by atoms with van der Waals surface area (Å²) in [4.78, 5) is 16.9. The summed E-state index contributed by atoms with van der Waals surface area (Å²) in [5.74, 6) is -0.831. The van der Waals surface area contributed by atoms with E-state index in [9.17, 15) is 9.18 Å². The van der Waals surface area contributed by atoms with Gasteiger partial charge in [0.1, 0.15) is 18.1 Å². The van der Waals surface area contributed by atoms with Crippen LogP contribution in [0.3, 0.4) is 0 Å². The van der Waals surface area contributed by atoms with Crippen LogP contribution in [0.1, 0.15) is 23.8 Å². The quantitative estimate of drug-likeness (QED) is 0.725. The first-order chi connectivity index (χ1) is 7.69. The van der Waals surface area contributed by atoms with Crippen molar-refractivity contribution in [2.75, 3.05) is 13.1 Å². The van der Waals surface area contributed by atoms with Crippen LogP contribution >= 0.6 is 0 Å². The van der Waals surface area contributed by atoms with Crippen LogP contribution < -0.4 is 0 Å². The maximum absolute atomic E-state index is 12.6. The minimum absolute atomic E-state index is 0.0196. The van der Waals surface area contributed by atoms with Crippen LogP contribution in [0, 0.1) is 17.1 Å². The third-order valence-corrected chi connectivity index (χ3v) is 1.99. The van der Waals surface area contributed by atoms with E-state index in [-0.39, 0.29) is 18.1 Å². The summed E-state index contributed by atoms with van der Waals surface area (Å²) in [6.07, 6.45) is 1.75. The summed E-state index contributed by atoms with van der Waals surface area (Å²) in [6.45, 7) is 2.42. The van der Waals surface area contributed by atoms with Gasteiger partial charge in [-0.3, -0.25) is 4.79 Å².